The van der Waals surface area contributed by atoms with Crippen LogP contribution in [0.15, 0.2) is 36.7 Å². The Kier molecular flexibility index (Phi) is 7.03. The Morgan fingerprint density at radius 2 is 2.07 bits per heavy atom. The number of aryl methyl sites for hydroxylation is 1. The number of carbonyl (C=O) groups is 2. The Bertz CT molecular complexity index is 1050. The van der Waals surface area contributed by atoms with Gasteiger partial charge < -0.3 is 10.1 Å². The molecule has 30 heavy (non-hydrogen) atoms. The summed E-state index contributed by atoms with van der Waals surface area (Å²) in [6.45, 7) is -0.142. The van der Waals surface area contributed by atoms with E-state index in [1.807, 2.05) is 0 Å². The normalized spacial score (nSPS) is 11.9. The third kappa shape index (κ3) is 5.56. The number of amides is 1. The SMILES string of the molecule is COC(=O)C(Cc1ccn(C)n1)NCC(=O)Nc1cc(Cl)ccc1-n1cc(Cl)nn1. The van der Waals surface area contributed by atoms with E-state index in [0.717, 1.165) is 0 Å². The number of benzene rings is 1. The summed E-state index contributed by atoms with van der Waals surface area (Å²) in [7, 11) is 3.07. The first-order valence-corrected chi connectivity index (χ1v) is 9.58. The van der Waals surface area contributed by atoms with E-state index >= 15 is 0 Å². The highest BCUT2D eigenvalue weighted by Gasteiger charge is 2.22. The fraction of sp³-hybridized carbons (Fsp3) is 0.278. The lowest BCUT2D eigenvalue weighted by atomic mass is 10.1. The molecule has 0 fully saturated rings. The maximum atomic E-state index is 12.5. The van der Waals surface area contributed by atoms with Crippen LogP contribution in [-0.2, 0) is 27.8 Å². The molecule has 1 unspecified atom stereocenters. The molecule has 1 atom stereocenters. The number of methoxy groups -OCH3 is 1. The third-order valence-corrected chi connectivity index (χ3v) is 4.53. The van der Waals surface area contributed by atoms with Crippen molar-refractivity contribution < 1.29 is 14.3 Å². The topological polar surface area (TPSA) is 116 Å². The van der Waals surface area contributed by atoms with E-state index < -0.39 is 12.0 Å². The zero-order chi connectivity index (χ0) is 21.7. The summed E-state index contributed by atoms with van der Waals surface area (Å²) < 4.78 is 7.87. The number of hydrogen-bond donors (Lipinski definition) is 2. The van der Waals surface area contributed by atoms with Crippen LogP contribution in [0.1, 0.15) is 5.69 Å². The van der Waals surface area contributed by atoms with Crippen molar-refractivity contribution >= 4 is 40.8 Å². The number of rotatable bonds is 8. The summed E-state index contributed by atoms with van der Waals surface area (Å²) in [6.07, 6.45) is 3.55. The summed E-state index contributed by atoms with van der Waals surface area (Å²) in [4.78, 5) is 24.6. The van der Waals surface area contributed by atoms with Crippen molar-refractivity contribution in [3.05, 3.63) is 52.5 Å². The van der Waals surface area contributed by atoms with Gasteiger partial charge in [-0.1, -0.05) is 28.4 Å². The number of ether oxygens (including phenoxy) is 1. The zero-order valence-corrected chi connectivity index (χ0v) is 17.7. The van der Waals surface area contributed by atoms with Gasteiger partial charge in [-0.15, -0.1) is 5.10 Å². The summed E-state index contributed by atoms with van der Waals surface area (Å²) in [6, 6.07) is 5.97. The van der Waals surface area contributed by atoms with Crippen LogP contribution in [0.2, 0.25) is 10.2 Å². The molecule has 0 aliphatic carbocycles. The lowest BCUT2D eigenvalue weighted by Gasteiger charge is -2.16. The first-order valence-electron chi connectivity index (χ1n) is 8.83. The second-order valence-corrected chi connectivity index (χ2v) is 7.16. The number of aromatic nitrogens is 5. The van der Waals surface area contributed by atoms with Crippen molar-refractivity contribution in [1.82, 2.24) is 30.1 Å². The average Bonchev–Trinajstić information content (AvgIpc) is 3.32. The summed E-state index contributed by atoms with van der Waals surface area (Å²) in [5.41, 5.74) is 1.64. The van der Waals surface area contributed by atoms with Crippen LogP contribution in [0.4, 0.5) is 5.69 Å². The molecule has 12 heteroatoms. The van der Waals surface area contributed by atoms with Crippen LogP contribution in [0, 0.1) is 0 Å². The number of nitrogens with zero attached hydrogens (tertiary/aromatic N) is 5. The van der Waals surface area contributed by atoms with Crippen molar-refractivity contribution in [3.63, 3.8) is 0 Å². The predicted octanol–water partition coefficient (Wildman–Crippen LogP) is 1.62. The molecule has 2 N–H and O–H groups in total. The summed E-state index contributed by atoms with van der Waals surface area (Å²) in [5.74, 6) is -0.881. The maximum absolute atomic E-state index is 12.5. The number of anilines is 1. The van der Waals surface area contributed by atoms with Gasteiger partial charge in [-0.3, -0.25) is 19.6 Å². The van der Waals surface area contributed by atoms with Gasteiger partial charge in [-0.05, 0) is 24.3 Å². The first kappa shape index (κ1) is 21.8. The van der Waals surface area contributed by atoms with Gasteiger partial charge in [0.1, 0.15) is 6.04 Å². The quantitative estimate of drug-likeness (QED) is 0.499. The van der Waals surface area contributed by atoms with Crippen LogP contribution in [0.25, 0.3) is 5.69 Å². The van der Waals surface area contributed by atoms with E-state index in [-0.39, 0.29) is 24.0 Å². The van der Waals surface area contributed by atoms with Crippen molar-refractivity contribution in [2.45, 2.75) is 12.5 Å². The second-order valence-electron chi connectivity index (χ2n) is 6.34. The van der Waals surface area contributed by atoms with Gasteiger partial charge in [0.15, 0.2) is 5.15 Å². The predicted molar refractivity (Wildman–Crippen MR) is 111 cm³/mol. The van der Waals surface area contributed by atoms with Crippen LogP contribution in [0.3, 0.4) is 0 Å². The molecule has 3 rings (SSSR count). The maximum Gasteiger partial charge on any atom is 0.323 e. The van der Waals surface area contributed by atoms with Crippen molar-refractivity contribution in [2.75, 3.05) is 19.0 Å². The third-order valence-electron chi connectivity index (χ3n) is 4.12. The average molecular weight is 452 g/mol. The molecule has 1 aromatic carbocycles. The molecule has 1 amide bonds. The van der Waals surface area contributed by atoms with Gasteiger partial charge in [0.05, 0.1) is 36.9 Å². The van der Waals surface area contributed by atoms with E-state index in [1.54, 1.807) is 42.2 Å². The van der Waals surface area contributed by atoms with E-state index in [0.29, 0.717) is 22.1 Å². The summed E-state index contributed by atoms with van der Waals surface area (Å²) in [5, 5.41) is 18.2. The molecular formula is C18H19Cl2N7O3. The lowest BCUT2D eigenvalue weighted by Crippen LogP contribution is -2.43. The minimum atomic E-state index is -0.733. The highest BCUT2D eigenvalue weighted by molar-refractivity contribution is 6.31. The molecule has 2 heterocycles. The molecule has 0 bridgehead atoms. The van der Waals surface area contributed by atoms with Crippen LogP contribution < -0.4 is 10.6 Å². The zero-order valence-electron chi connectivity index (χ0n) is 16.2. The van der Waals surface area contributed by atoms with E-state index in [1.165, 1.54) is 18.0 Å². The summed E-state index contributed by atoms with van der Waals surface area (Å²) >= 11 is 11.9. The fourth-order valence-corrected chi connectivity index (χ4v) is 3.04. The minimum absolute atomic E-state index is 0.142. The molecule has 10 nitrogen and oxygen atoms in total. The Hall–Kier alpha value is -2.95. The first-order chi connectivity index (χ1) is 14.4. The number of esters is 1. The van der Waals surface area contributed by atoms with Crippen molar-refractivity contribution in [2.24, 2.45) is 7.05 Å². The standard InChI is InChI=1S/C18H19Cl2N7O3/c1-26-6-5-12(24-26)8-14(18(29)30-2)21-9-17(28)22-13-7-11(19)3-4-15(13)27-10-16(20)23-25-27/h3-7,10,14,21H,8-9H2,1-2H3,(H,22,28). The molecule has 0 aliphatic heterocycles. The molecule has 0 saturated carbocycles. The highest BCUT2D eigenvalue weighted by Crippen LogP contribution is 2.24. The number of halogens is 2. The highest BCUT2D eigenvalue weighted by atomic mass is 35.5. The molecule has 0 spiro atoms. The molecular weight excluding hydrogens is 433 g/mol. The number of carbonyl (C=O) groups excluding carboxylic acids is 2. The Morgan fingerprint density at radius 1 is 1.27 bits per heavy atom. The van der Waals surface area contributed by atoms with Gasteiger partial charge in [-0.25, -0.2) is 4.68 Å². The Labute approximate surface area is 182 Å². The number of nitrogens with one attached hydrogen (secondary N) is 2. The van der Waals surface area contributed by atoms with Crippen LogP contribution >= 0.6 is 23.2 Å². The van der Waals surface area contributed by atoms with E-state index in [4.69, 9.17) is 27.9 Å². The fourth-order valence-electron chi connectivity index (χ4n) is 2.74. The van der Waals surface area contributed by atoms with Gasteiger partial charge in [-0.2, -0.15) is 5.10 Å². The Morgan fingerprint density at radius 3 is 2.70 bits per heavy atom. The Balaban J connectivity index is 1.68. The monoisotopic (exact) mass is 451 g/mol. The molecule has 0 aliphatic rings. The molecule has 0 saturated heterocycles. The van der Waals surface area contributed by atoms with Gasteiger partial charge in [0.2, 0.25) is 5.91 Å². The van der Waals surface area contributed by atoms with Gasteiger partial charge in [0.25, 0.3) is 0 Å². The van der Waals surface area contributed by atoms with Crippen LogP contribution in [0.5, 0.6) is 0 Å². The van der Waals surface area contributed by atoms with Gasteiger partial charge >= 0.3 is 5.97 Å². The van der Waals surface area contributed by atoms with E-state index in [2.05, 4.69) is 26.0 Å². The number of hydrogen-bond acceptors (Lipinski definition) is 7. The lowest BCUT2D eigenvalue weighted by molar-refractivity contribution is -0.143. The minimum Gasteiger partial charge on any atom is -0.468 e. The van der Waals surface area contributed by atoms with Crippen molar-refractivity contribution in [1.29, 1.82) is 0 Å². The molecule has 158 valence electrons. The van der Waals surface area contributed by atoms with Crippen molar-refractivity contribution in [3.8, 4) is 5.69 Å². The smallest absolute Gasteiger partial charge is 0.323 e. The largest absolute Gasteiger partial charge is 0.468 e. The molecule has 2 aromatic heterocycles. The second kappa shape index (κ2) is 9.70. The van der Waals surface area contributed by atoms with Crippen LogP contribution in [-0.4, -0.2) is 56.3 Å². The molecule has 3 aromatic rings. The van der Waals surface area contributed by atoms with Gasteiger partial charge in [0, 0.05) is 24.7 Å². The van der Waals surface area contributed by atoms with E-state index in [9.17, 15) is 9.59 Å². The molecule has 0 radical (unpaired) electrons.